The maximum absolute atomic E-state index is 14.0. The molecule has 0 heterocycles. The average molecular weight is 673 g/mol. The number of nitrogens with one attached hydrogen (secondary N) is 3. The van der Waals surface area contributed by atoms with Crippen LogP contribution in [0.4, 0.5) is 15.8 Å². The van der Waals surface area contributed by atoms with E-state index in [1.54, 1.807) is 78.9 Å². The highest BCUT2D eigenvalue weighted by atomic mass is 79.9. The minimum absolute atomic E-state index is 0.0124. The van der Waals surface area contributed by atoms with Crippen LogP contribution in [-0.2, 0) is 9.59 Å². The summed E-state index contributed by atoms with van der Waals surface area (Å²) >= 11 is 16.8. The molecule has 0 saturated carbocycles. The van der Waals surface area contributed by atoms with Gasteiger partial charge in [-0.2, -0.15) is 0 Å². The lowest BCUT2D eigenvalue weighted by Crippen LogP contribution is -2.30. The quantitative estimate of drug-likeness (QED) is 0.124. The van der Waals surface area contributed by atoms with E-state index >= 15 is 0 Å². The van der Waals surface area contributed by atoms with Crippen LogP contribution < -0.4 is 16.0 Å². The second-order valence-electron chi connectivity index (χ2n) is 8.46. The summed E-state index contributed by atoms with van der Waals surface area (Å²) in [6, 6.07) is 24.6. The third-order valence-corrected chi connectivity index (χ3v) is 7.80. The molecule has 0 radical (unpaired) electrons. The van der Waals surface area contributed by atoms with Gasteiger partial charge in [-0.05, 0) is 66.2 Å². The Morgan fingerprint density at radius 2 is 1.63 bits per heavy atom. The number of carbonyl (C=O) groups is 3. The van der Waals surface area contributed by atoms with Crippen molar-refractivity contribution in [2.75, 3.05) is 16.4 Å². The Morgan fingerprint density at radius 3 is 2.39 bits per heavy atom. The van der Waals surface area contributed by atoms with Gasteiger partial charge in [0.2, 0.25) is 5.91 Å². The first-order valence-electron chi connectivity index (χ1n) is 12.0. The Morgan fingerprint density at radius 1 is 0.878 bits per heavy atom. The van der Waals surface area contributed by atoms with Gasteiger partial charge in [0, 0.05) is 20.6 Å². The first-order valence-corrected chi connectivity index (χ1v) is 14.5. The highest BCUT2D eigenvalue weighted by Crippen LogP contribution is 2.28. The average Bonchev–Trinajstić information content (AvgIpc) is 2.96. The molecule has 208 valence electrons. The number of hydrogen-bond acceptors (Lipinski definition) is 4. The molecule has 0 saturated heterocycles. The third kappa shape index (κ3) is 8.68. The number of carbonyl (C=O) groups excluding carboxylic acids is 3. The highest BCUT2D eigenvalue weighted by molar-refractivity contribution is 9.10. The van der Waals surface area contributed by atoms with Gasteiger partial charge >= 0.3 is 0 Å². The molecule has 0 unspecified atom stereocenters. The van der Waals surface area contributed by atoms with Crippen molar-refractivity contribution in [3.63, 3.8) is 0 Å². The molecule has 11 heteroatoms. The smallest absolute Gasteiger partial charge is 0.272 e. The maximum Gasteiger partial charge on any atom is 0.272 e. The Balaban J connectivity index is 1.48. The zero-order valence-corrected chi connectivity index (χ0v) is 25.0. The SMILES string of the molecule is O=C(CSc1cccc(NC(=O)/C(=C\c2cccc(Cl)c2Cl)NC(=O)c2ccccc2)c1)Nc1ccc(Br)cc1F. The van der Waals surface area contributed by atoms with Crippen LogP contribution in [0.3, 0.4) is 0 Å². The van der Waals surface area contributed by atoms with E-state index in [0.717, 1.165) is 0 Å². The van der Waals surface area contributed by atoms with Gasteiger partial charge in [0.05, 0.1) is 21.5 Å². The number of anilines is 2. The Bertz CT molecular complexity index is 1640. The summed E-state index contributed by atoms with van der Waals surface area (Å²) in [5, 5.41) is 8.49. The zero-order chi connectivity index (χ0) is 29.4. The fourth-order valence-corrected chi connectivity index (χ4v) is 4.97. The minimum Gasteiger partial charge on any atom is -0.323 e. The van der Waals surface area contributed by atoms with Crippen LogP contribution in [-0.4, -0.2) is 23.5 Å². The largest absolute Gasteiger partial charge is 0.323 e. The number of amides is 3. The molecule has 4 aromatic rings. The summed E-state index contributed by atoms with van der Waals surface area (Å²) in [5.74, 6) is -2.01. The van der Waals surface area contributed by atoms with Gasteiger partial charge in [-0.3, -0.25) is 14.4 Å². The van der Waals surface area contributed by atoms with E-state index in [-0.39, 0.29) is 22.2 Å². The van der Waals surface area contributed by atoms with E-state index in [1.165, 1.54) is 30.0 Å². The minimum atomic E-state index is -0.601. The van der Waals surface area contributed by atoms with Gasteiger partial charge in [-0.1, -0.05) is 75.5 Å². The van der Waals surface area contributed by atoms with E-state index in [9.17, 15) is 18.8 Å². The lowest BCUT2D eigenvalue weighted by molar-refractivity contribution is -0.114. The normalized spacial score (nSPS) is 11.1. The van der Waals surface area contributed by atoms with Crippen molar-refractivity contribution in [1.82, 2.24) is 5.32 Å². The highest BCUT2D eigenvalue weighted by Gasteiger charge is 2.17. The molecule has 0 bridgehead atoms. The van der Waals surface area contributed by atoms with Crippen molar-refractivity contribution in [1.29, 1.82) is 0 Å². The molecule has 4 aromatic carbocycles. The molecule has 6 nitrogen and oxygen atoms in total. The zero-order valence-electron chi connectivity index (χ0n) is 21.1. The summed E-state index contributed by atoms with van der Waals surface area (Å²) in [5.41, 5.74) is 1.25. The first kappa shape index (κ1) is 30.3. The van der Waals surface area contributed by atoms with Gasteiger partial charge in [-0.25, -0.2) is 4.39 Å². The van der Waals surface area contributed by atoms with Crippen molar-refractivity contribution in [2.24, 2.45) is 0 Å². The molecule has 41 heavy (non-hydrogen) atoms. The molecule has 0 spiro atoms. The van der Waals surface area contributed by atoms with Crippen LogP contribution in [0.15, 0.2) is 106 Å². The molecule has 0 atom stereocenters. The van der Waals surface area contributed by atoms with Crippen LogP contribution in [0.1, 0.15) is 15.9 Å². The standard InChI is InChI=1S/C30H21BrCl2FN3O3S/c31-20-12-13-25(24(34)15-20)36-27(38)17-41-22-10-5-9-21(16-22)35-30(40)26(14-19-8-4-11-23(32)28(19)33)37-29(39)18-6-2-1-3-7-18/h1-16H,17H2,(H,35,40)(H,36,38)(H,37,39)/b26-14+. The van der Waals surface area contributed by atoms with Crippen molar-refractivity contribution in [3.8, 4) is 0 Å². The molecule has 0 aliphatic rings. The number of thioether (sulfide) groups is 1. The van der Waals surface area contributed by atoms with Crippen molar-refractivity contribution >= 4 is 86.1 Å². The fourth-order valence-electron chi connectivity index (χ4n) is 3.52. The molecule has 4 rings (SSSR count). The van der Waals surface area contributed by atoms with Crippen LogP contribution in [0.2, 0.25) is 10.0 Å². The number of rotatable bonds is 9. The predicted octanol–water partition coefficient (Wildman–Crippen LogP) is 8.04. The number of hydrogen-bond donors (Lipinski definition) is 3. The summed E-state index contributed by atoms with van der Waals surface area (Å²) in [7, 11) is 0. The monoisotopic (exact) mass is 671 g/mol. The molecule has 0 aromatic heterocycles. The summed E-state index contributed by atoms with van der Waals surface area (Å²) in [4.78, 5) is 39.3. The molecular formula is C30H21BrCl2FN3O3S. The Kier molecular flexibility index (Phi) is 10.6. The topological polar surface area (TPSA) is 87.3 Å². The molecular weight excluding hydrogens is 652 g/mol. The van der Waals surface area contributed by atoms with Crippen molar-refractivity contribution in [3.05, 3.63) is 128 Å². The fraction of sp³-hybridized carbons (Fsp3) is 0.0333. The van der Waals surface area contributed by atoms with Gasteiger partial charge in [0.25, 0.3) is 11.8 Å². The first-order chi connectivity index (χ1) is 19.7. The van der Waals surface area contributed by atoms with Crippen LogP contribution in [0.5, 0.6) is 0 Å². The van der Waals surface area contributed by atoms with Crippen LogP contribution >= 0.6 is 50.9 Å². The Labute approximate surface area is 258 Å². The van der Waals surface area contributed by atoms with E-state index in [1.807, 2.05) is 0 Å². The molecule has 3 N–H and O–H groups in total. The maximum atomic E-state index is 14.0. The lowest BCUT2D eigenvalue weighted by Gasteiger charge is -2.13. The second-order valence-corrected chi connectivity index (χ2v) is 11.2. The lowest BCUT2D eigenvalue weighted by atomic mass is 10.1. The molecule has 0 aliphatic carbocycles. The van der Waals surface area contributed by atoms with Crippen molar-refractivity contribution < 1.29 is 18.8 Å². The molecule has 3 amide bonds. The predicted molar refractivity (Wildman–Crippen MR) is 167 cm³/mol. The Hall–Kier alpha value is -3.63. The summed E-state index contributed by atoms with van der Waals surface area (Å²) < 4.78 is 14.6. The second kappa shape index (κ2) is 14.3. The van der Waals surface area contributed by atoms with Crippen LogP contribution in [0.25, 0.3) is 6.08 Å². The van der Waals surface area contributed by atoms with E-state index in [4.69, 9.17) is 23.2 Å². The number of halogens is 4. The van der Waals surface area contributed by atoms with Gasteiger partial charge in [0.15, 0.2) is 0 Å². The molecule has 0 aliphatic heterocycles. The van der Waals surface area contributed by atoms with Gasteiger partial charge in [-0.15, -0.1) is 11.8 Å². The van der Waals surface area contributed by atoms with E-state index < -0.39 is 23.5 Å². The molecule has 0 fully saturated rings. The van der Waals surface area contributed by atoms with Gasteiger partial charge < -0.3 is 16.0 Å². The van der Waals surface area contributed by atoms with Crippen LogP contribution in [0, 0.1) is 5.82 Å². The van der Waals surface area contributed by atoms with E-state index in [0.29, 0.717) is 31.2 Å². The third-order valence-electron chi connectivity index (χ3n) is 5.48. The summed E-state index contributed by atoms with van der Waals surface area (Å²) in [6.45, 7) is 0. The van der Waals surface area contributed by atoms with Crippen molar-refractivity contribution in [2.45, 2.75) is 4.90 Å². The van der Waals surface area contributed by atoms with E-state index in [2.05, 4.69) is 31.9 Å². The number of benzene rings is 4. The summed E-state index contributed by atoms with van der Waals surface area (Å²) in [6.07, 6.45) is 1.44. The van der Waals surface area contributed by atoms with Gasteiger partial charge in [0.1, 0.15) is 11.5 Å².